The molecule has 0 spiro atoms. The van der Waals surface area contributed by atoms with Crippen molar-refractivity contribution in [2.45, 2.75) is 6.92 Å². The van der Waals surface area contributed by atoms with Gasteiger partial charge in [-0.1, -0.05) is 35.9 Å². The monoisotopic (exact) mass is 146 g/mol. The summed E-state index contributed by atoms with van der Waals surface area (Å²) in [4.78, 5) is 0. The second-order valence-corrected chi connectivity index (χ2v) is 1.65. The Balaban J connectivity index is -0.0000000204. The van der Waals surface area contributed by atoms with Crippen LogP contribution in [0.2, 0.25) is 0 Å². The Hall–Kier alpha value is 0.752. The van der Waals surface area contributed by atoms with E-state index in [0.717, 1.165) is 0 Å². The largest absolute Gasteiger partial charge is 3.00 e. The molecule has 0 nitrogen and oxygen atoms in total. The first kappa shape index (κ1) is 12.4. The van der Waals surface area contributed by atoms with E-state index in [4.69, 9.17) is 0 Å². The molecule has 0 aliphatic rings. The molecular formula is C7H12AlNa. The quantitative estimate of drug-likeness (QED) is 0.415. The zero-order valence-corrected chi connectivity index (χ0v) is 9.12. The summed E-state index contributed by atoms with van der Waals surface area (Å²) in [6, 6.07) is 10.3. The predicted octanol–water partition coefficient (Wildman–Crippen LogP) is -0.932. The fourth-order valence-electron chi connectivity index (χ4n) is 0.534. The molecular weight excluding hydrogens is 134 g/mol. The van der Waals surface area contributed by atoms with E-state index >= 15 is 0 Å². The molecule has 0 saturated heterocycles. The van der Waals surface area contributed by atoms with E-state index < -0.39 is 0 Å². The average Bonchev–Trinajstić information content (AvgIpc) is 1.69. The molecule has 1 aromatic rings. The van der Waals surface area contributed by atoms with Gasteiger partial charge in [-0.15, -0.1) is 0 Å². The Kier molecular flexibility index (Phi) is 9.48. The van der Waals surface area contributed by atoms with Crippen molar-refractivity contribution in [3.05, 3.63) is 35.9 Å². The van der Waals surface area contributed by atoms with Crippen LogP contribution in [0, 0.1) is 6.92 Å². The standard InChI is InChI=1S/C7H8.Al.Na.4H/c1-7-5-3-2-4-6-7;;;;;;/h2-6H,1H3;;;;;;/q;+3;+1;4*-1. The normalized spacial score (nSPS) is 6.78. The van der Waals surface area contributed by atoms with Crippen LogP contribution in [-0.2, 0) is 0 Å². The van der Waals surface area contributed by atoms with E-state index in [9.17, 15) is 0 Å². The Morgan fingerprint density at radius 2 is 1.56 bits per heavy atom. The minimum Gasteiger partial charge on any atom is -1.00 e. The number of aryl methyl sites for hydroxylation is 1. The Bertz CT molecular complexity index is 150. The maximum Gasteiger partial charge on any atom is 3.00 e. The third-order valence-electron chi connectivity index (χ3n) is 0.940. The minimum atomic E-state index is 0. The molecule has 0 aliphatic carbocycles. The number of rotatable bonds is 0. The molecule has 0 unspecified atom stereocenters. The molecule has 0 amide bonds. The van der Waals surface area contributed by atoms with Crippen molar-refractivity contribution in [3.8, 4) is 0 Å². The molecule has 0 N–H and O–H groups in total. The molecule has 0 aromatic heterocycles. The average molecular weight is 146 g/mol. The van der Waals surface area contributed by atoms with Crippen molar-refractivity contribution < 1.29 is 35.3 Å². The van der Waals surface area contributed by atoms with Crippen LogP contribution in [-0.4, -0.2) is 17.4 Å². The van der Waals surface area contributed by atoms with E-state index in [1.54, 1.807) is 0 Å². The molecule has 0 radical (unpaired) electrons. The van der Waals surface area contributed by atoms with E-state index in [-0.39, 0.29) is 52.6 Å². The predicted molar refractivity (Wildman–Crippen MR) is 41.4 cm³/mol. The van der Waals surface area contributed by atoms with Gasteiger partial charge in [-0.25, -0.2) is 0 Å². The Morgan fingerprint density at radius 1 is 1.11 bits per heavy atom. The van der Waals surface area contributed by atoms with Gasteiger partial charge in [0.2, 0.25) is 0 Å². The summed E-state index contributed by atoms with van der Waals surface area (Å²) < 4.78 is 0. The fraction of sp³-hybridized carbons (Fsp3) is 0.143. The summed E-state index contributed by atoms with van der Waals surface area (Å²) in [6.07, 6.45) is 0. The molecule has 0 aliphatic heterocycles. The van der Waals surface area contributed by atoms with Gasteiger partial charge >= 0.3 is 46.9 Å². The number of hydrogen-bond donors (Lipinski definition) is 0. The van der Waals surface area contributed by atoms with Crippen LogP contribution in [0.4, 0.5) is 0 Å². The molecule has 0 fully saturated rings. The van der Waals surface area contributed by atoms with Gasteiger partial charge in [0.05, 0.1) is 0 Å². The van der Waals surface area contributed by atoms with Gasteiger partial charge in [-0.05, 0) is 6.92 Å². The molecule has 1 aromatic carbocycles. The van der Waals surface area contributed by atoms with Gasteiger partial charge in [-0.2, -0.15) is 0 Å². The van der Waals surface area contributed by atoms with Crippen LogP contribution < -0.4 is 29.6 Å². The molecule has 0 bridgehead atoms. The van der Waals surface area contributed by atoms with Gasteiger partial charge in [-0.3, -0.25) is 0 Å². The molecule has 2 heteroatoms. The topological polar surface area (TPSA) is 0 Å². The van der Waals surface area contributed by atoms with Crippen molar-refractivity contribution in [1.29, 1.82) is 0 Å². The molecule has 0 heterocycles. The molecule has 9 heavy (non-hydrogen) atoms. The summed E-state index contributed by atoms with van der Waals surface area (Å²) in [7, 11) is 0. The van der Waals surface area contributed by atoms with Crippen molar-refractivity contribution in [2.75, 3.05) is 0 Å². The second-order valence-electron chi connectivity index (χ2n) is 1.65. The van der Waals surface area contributed by atoms with E-state index in [1.165, 1.54) is 5.56 Å². The van der Waals surface area contributed by atoms with Crippen molar-refractivity contribution >= 4 is 17.4 Å². The van der Waals surface area contributed by atoms with E-state index in [1.807, 2.05) is 18.2 Å². The summed E-state index contributed by atoms with van der Waals surface area (Å²) in [5, 5.41) is 0. The van der Waals surface area contributed by atoms with Gasteiger partial charge in [0.15, 0.2) is 0 Å². The fourth-order valence-corrected chi connectivity index (χ4v) is 0.534. The van der Waals surface area contributed by atoms with Crippen molar-refractivity contribution in [1.82, 2.24) is 0 Å². The van der Waals surface area contributed by atoms with Crippen LogP contribution in [0.15, 0.2) is 30.3 Å². The maximum atomic E-state index is 2.08. The van der Waals surface area contributed by atoms with Crippen molar-refractivity contribution in [3.63, 3.8) is 0 Å². The summed E-state index contributed by atoms with van der Waals surface area (Å²) in [6.45, 7) is 2.08. The molecule has 0 atom stereocenters. The molecule has 0 saturated carbocycles. The third-order valence-corrected chi connectivity index (χ3v) is 0.940. The summed E-state index contributed by atoms with van der Waals surface area (Å²) >= 11 is 0. The first-order valence-corrected chi connectivity index (χ1v) is 2.41. The Labute approximate surface area is 95.0 Å². The van der Waals surface area contributed by atoms with Crippen LogP contribution in [0.5, 0.6) is 0 Å². The Morgan fingerprint density at radius 3 is 1.78 bits per heavy atom. The first-order valence-electron chi connectivity index (χ1n) is 2.41. The van der Waals surface area contributed by atoms with Crippen LogP contribution >= 0.6 is 0 Å². The van der Waals surface area contributed by atoms with Gasteiger partial charge < -0.3 is 5.71 Å². The zero-order valence-electron chi connectivity index (χ0n) is 9.96. The molecule has 1 rings (SSSR count). The first-order chi connectivity index (χ1) is 3.39. The summed E-state index contributed by atoms with van der Waals surface area (Å²) in [5.74, 6) is 0. The van der Waals surface area contributed by atoms with Gasteiger partial charge in [0.25, 0.3) is 0 Å². The van der Waals surface area contributed by atoms with E-state index in [0.29, 0.717) is 0 Å². The molecule has 44 valence electrons. The van der Waals surface area contributed by atoms with Crippen molar-refractivity contribution in [2.24, 2.45) is 0 Å². The number of benzene rings is 1. The number of hydrogen-bond acceptors (Lipinski definition) is 0. The van der Waals surface area contributed by atoms with Crippen LogP contribution in [0.25, 0.3) is 0 Å². The SMILES string of the molecule is Cc1ccccc1.[Al+3].[H-].[H-].[H-].[H-].[Na+]. The smallest absolute Gasteiger partial charge is 1.00 e. The van der Waals surface area contributed by atoms with Gasteiger partial charge in [0, 0.05) is 0 Å². The summed E-state index contributed by atoms with van der Waals surface area (Å²) in [5.41, 5.74) is 1.32. The van der Waals surface area contributed by atoms with Gasteiger partial charge in [0.1, 0.15) is 0 Å². The van der Waals surface area contributed by atoms with Crippen LogP contribution in [0.1, 0.15) is 11.3 Å². The van der Waals surface area contributed by atoms with Crippen LogP contribution in [0.3, 0.4) is 0 Å². The zero-order chi connectivity index (χ0) is 5.11. The third kappa shape index (κ3) is 5.21. The minimum absolute atomic E-state index is 0. The second kappa shape index (κ2) is 6.87. The van der Waals surface area contributed by atoms with E-state index in [2.05, 4.69) is 19.1 Å². The maximum absolute atomic E-state index is 2.08.